The lowest BCUT2D eigenvalue weighted by Crippen LogP contribution is -2.34. The third-order valence-electron chi connectivity index (χ3n) is 5.54. The van der Waals surface area contributed by atoms with Gasteiger partial charge in [0.15, 0.2) is 18.1 Å². The van der Waals surface area contributed by atoms with Crippen molar-refractivity contribution in [3.63, 3.8) is 0 Å². The molecule has 0 unspecified atom stereocenters. The van der Waals surface area contributed by atoms with Crippen LogP contribution in [0.15, 0.2) is 42.5 Å². The second kappa shape index (κ2) is 9.64. The van der Waals surface area contributed by atoms with Crippen LogP contribution >= 0.6 is 0 Å². The summed E-state index contributed by atoms with van der Waals surface area (Å²) in [4.78, 5) is 36.8. The lowest BCUT2D eigenvalue weighted by atomic mass is 9.99. The first-order chi connectivity index (χ1) is 16.2. The monoisotopic (exact) mass is 484 g/mol. The predicted octanol–water partition coefficient (Wildman–Crippen LogP) is 1.82. The van der Waals surface area contributed by atoms with Gasteiger partial charge in [-0.25, -0.2) is 8.42 Å². The molecule has 0 aliphatic carbocycles. The third-order valence-corrected chi connectivity index (χ3v) is 6.72. The van der Waals surface area contributed by atoms with Gasteiger partial charge in [-0.05, 0) is 42.7 Å². The highest BCUT2D eigenvalue weighted by Crippen LogP contribution is 2.30. The number of rotatable bonds is 8. The van der Waals surface area contributed by atoms with Crippen LogP contribution in [0.1, 0.15) is 39.3 Å². The molecule has 0 radical (unpaired) electrons. The van der Waals surface area contributed by atoms with Crippen molar-refractivity contribution in [3.05, 3.63) is 59.3 Å². The van der Waals surface area contributed by atoms with Crippen LogP contribution in [-0.2, 0) is 26.0 Å². The second-order valence-electron chi connectivity index (χ2n) is 7.99. The zero-order chi connectivity index (χ0) is 24.3. The average Bonchev–Trinajstić information content (AvgIpc) is 3.25. The molecule has 178 valence electrons. The number of aromatic nitrogens is 2. The molecule has 1 amide bonds. The Bertz CT molecular complexity index is 1360. The first-order valence-electron chi connectivity index (χ1n) is 10.7. The maximum Gasteiger partial charge on any atom is 0.308 e. The van der Waals surface area contributed by atoms with Crippen LogP contribution in [0.4, 0.5) is 5.69 Å². The standard InChI is InChI=1S/C23H24N4O6S/c1-34(31,32)27-12-4-5-15-13-16(8-9-19(15)27)20(28)14-33-21(29)10-11-24-23(30)22-17-6-2-3-7-18(17)25-26-22/h2-3,6-9,13H,4-5,10-12,14H2,1H3,(H,24,30)(H,25,26). The number of Topliss-reactive ketones (excluding diaryl/α,β-unsaturated/α-hetero) is 1. The second-order valence-corrected chi connectivity index (χ2v) is 9.90. The number of nitrogens with one attached hydrogen (secondary N) is 2. The van der Waals surface area contributed by atoms with E-state index in [0.29, 0.717) is 36.0 Å². The number of ketones is 1. The van der Waals surface area contributed by atoms with Gasteiger partial charge < -0.3 is 10.1 Å². The molecule has 1 aliphatic heterocycles. The summed E-state index contributed by atoms with van der Waals surface area (Å²) in [6.07, 6.45) is 2.37. The number of esters is 1. The van der Waals surface area contributed by atoms with E-state index >= 15 is 0 Å². The highest BCUT2D eigenvalue weighted by molar-refractivity contribution is 7.92. The molecule has 2 N–H and O–H groups in total. The molecule has 3 aromatic rings. The van der Waals surface area contributed by atoms with Crippen molar-refractivity contribution in [3.8, 4) is 0 Å². The number of hydrogen-bond donors (Lipinski definition) is 2. The summed E-state index contributed by atoms with van der Waals surface area (Å²) in [5, 5.41) is 10.1. The number of fused-ring (bicyclic) bond motifs is 2. The highest BCUT2D eigenvalue weighted by Gasteiger charge is 2.25. The van der Waals surface area contributed by atoms with Crippen molar-refractivity contribution in [2.45, 2.75) is 19.3 Å². The fourth-order valence-electron chi connectivity index (χ4n) is 3.88. The Morgan fingerprint density at radius 2 is 1.97 bits per heavy atom. The quantitative estimate of drug-likeness (QED) is 0.367. The molecule has 0 fully saturated rings. The van der Waals surface area contributed by atoms with Gasteiger partial charge >= 0.3 is 5.97 Å². The number of anilines is 1. The van der Waals surface area contributed by atoms with Gasteiger partial charge in [0, 0.05) is 24.0 Å². The highest BCUT2D eigenvalue weighted by atomic mass is 32.2. The summed E-state index contributed by atoms with van der Waals surface area (Å²) in [6.45, 7) is 0.00221. The summed E-state index contributed by atoms with van der Waals surface area (Å²) in [6, 6.07) is 12.0. The Kier molecular flexibility index (Phi) is 6.64. The minimum atomic E-state index is -3.39. The Hall–Kier alpha value is -3.73. The van der Waals surface area contributed by atoms with Crippen LogP contribution in [0.2, 0.25) is 0 Å². The lowest BCUT2D eigenvalue weighted by molar-refractivity contribution is -0.142. The van der Waals surface area contributed by atoms with Crippen molar-refractivity contribution in [2.24, 2.45) is 0 Å². The molecule has 1 aliphatic rings. The fourth-order valence-corrected chi connectivity index (χ4v) is 4.88. The van der Waals surface area contributed by atoms with Gasteiger partial charge in [-0.3, -0.25) is 23.8 Å². The van der Waals surface area contributed by atoms with Crippen LogP contribution in [-0.4, -0.2) is 62.2 Å². The van der Waals surface area contributed by atoms with Gasteiger partial charge in [0.1, 0.15) is 0 Å². The first kappa shape index (κ1) is 23.4. The van der Waals surface area contributed by atoms with E-state index in [1.165, 1.54) is 10.4 Å². The van der Waals surface area contributed by atoms with E-state index in [0.717, 1.165) is 17.3 Å². The zero-order valence-corrected chi connectivity index (χ0v) is 19.4. The molecule has 10 nitrogen and oxygen atoms in total. The van der Waals surface area contributed by atoms with Crippen molar-refractivity contribution >= 4 is 44.3 Å². The first-order valence-corrected chi connectivity index (χ1v) is 12.6. The lowest BCUT2D eigenvalue weighted by Gasteiger charge is -2.29. The summed E-state index contributed by atoms with van der Waals surface area (Å²) < 4.78 is 30.3. The van der Waals surface area contributed by atoms with Gasteiger partial charge in [-0.1, -0.05) is 18.2 Å². The number of aryl methyl sites for hydroxylation is 1. The van der Waals surface area contributed by atoms with E-state index in [1.54, 1.807) is 30.3 Å². The van der Waals surface area contributed by atoms with E-state index in [1.807, 2.05) is 6.07 Å². The molecule has 2 aromatic carbocycles. The molecule has 4 rings (SSSR count). The Morgan fingerprint density at radius 1 is 1.18 bits per heavy atom. The van der Waals surface area contributed by atoms with Crippen LogP contribution in [0, 0.1) is 0 Å². The van der Waals surface area contributed by atoms with Crippen molar-refractivity contribution in [1.29, 1.82) is 0 Å². The molecule has 34 heavy (non-hydrogen) atoms. The number of aromatic amines is 1. The topological polar surface area (TPSA) is 139 Å². The van der Waals surface area contributed by atoms with Crippen molar-refractivity contribution < 1.29 is 27.5 Å². The largest absolute Gasteiger partial charge is 0.457 e. The number of carbonyl (C=O) groups is 3. The minimum Gasteiger partial charge on any atom is -0.457 e. The van der Waals surface area contributed by atoms with Crippen LogP contribution < -0.4 is 9.62 Å². The van der Waals surface area contributed by atoms with Gasteiger partial charge in [-0.2, -0.15) is 5.10 Å². The Morgan fingerprint density at radius 3 is 2.76 bits per heavy atom. The molecule has 0 saturated carbocycles. The average molecular weight is 485 g/mol. The molecule has 0 spiro atoms. The number of carbonyl (C=O) groups excluding carboxylic acids is 3. The molecule has 0 bridgehead atoms. The van der Waals surface area contributed by atoms with E-state index in [9.17, 15) is 22.8 Å². The van der Waals surface area contributed by atoms with Gasteiger partial charge in [-0.15, -0.1) is 0 Å². The minimum absolute atomic E-state index is 0.0349. The summed E-state index contributed by atoms with van der Waals surface area (Å²) in [5.41, 5.74) is 2.66. The molecular formula is C23H24N4O6S. The van der Waals surface area contributed by atoms with E-state index in [4.69, 9.17) is 4.74 Å². The van der Waals surface area contributed by atoms with Crippen LogP contribution in [0.25, 0.3) is 10.9 Å². The predicted molar refractivity (Wildman–Crippen MR) is 125 cm³/mol. The third kappa shape index (κ3) is 5.09. The SMILES string of the molecule is CS(=O)(=O)N1CCCc2cc(C(=O)COC(=O)CCNC(=O)c3n[nH]c4ccccc34)ccc21. The summed E-state index contributed by atoms with van der Waals surface area (Å²) in [5.74, 6) is -1.43. The summed E-state index contributed by atoms with van der Waals surface area (Å²) >= 11 is 0. The maximum atomic E-state index is 12.5. The summed E-state index contributed by atoms with van der Waals surface area (Å²) in [7, 11) is -3.39. The molecule has 2 heterocycles. The number of para-hydroxylation sites is 1. The van der Waals surface area contributed by atoms with E-state index in [2.05, 4.69) is 15.5 Å². The molecule has 11 heteroatoms. The van der Waals surface area contributed by atoms with Crippen molar-refractivity contribution in [2.75, 3.05) is 30.3 Å². The van der Waals surface area contributed by atoms with Gasteiger partial charge in [0.2, 0.25) is 10.0 Å². The van der Waals surface area contributed by atoms with Crippen molar-refractivity contribution in [1.82, 2.24) is 15.5 Å². The molecule has 1 aromatic heterocycles. The number of nitrogens with zero attached hydrogens (tertiary/aromatic N) is 2. The smallest absolute Gasteiger partial charge is 0.308 e. The number of sulfonamides is 1. The maximum absolute atomic E-state index is 12.5. The molecular weight excluding hydrogens is 460 g/mol. The Balaban J connectivity index is 1.27. The van der Waals surface area contributed by atoms with Crippen LogP contribution in [0.5, 0.6) is 0 Å². The Labute approximate surface area is 196 Å². The molecule has 0 saturated heterocycles. The fraction of sp³-hybridized carbons (Fsp3) is 0.304. The zero-order valence-electron chi connectivity index (χ0n) is 18.5. The molecule has 0 atom stereocenters. The number of H-pyrrole nitrogens is 1. The van der Waals surface area contributed by atoms with E-state index in [-0.39, 0.29) is 24.4 Å². The van der Waals surface area contributed by atoms with Gasteiger partial charge in [0.05, 0.1) is 23.9 Å². The number of hydrogen-bond acceptors (Lipinski definition) is 7. The van der Waals surface area contributed by atoms with E-state index < -0.39 is 28.5 Å². The number of benzene rings is 2. The number of ether oxygens (including phenoxy) is 1. The normalized spacial score (nSPS) is 13.4. The van der Waals surface area contributed by atoms with Gasteiger partial charge in [0.25, 0.3) is 5.91 Å². The van der Waals surface area contributed by atoms with Crippen LogP contribution in [0.3, 0.4) is 0 Å². The number of amides is 1.